The summed E-state index contributed by atoms with van der Waals surface area (Å²) in [6, 6.07) is 16.8. The quantitative estimate of drug-likeness (QED) is 0.886. The summed E-state index contributed by atoms with van der Waals surface area (Å²) in [5, 5.41) is 12.5. The number of aliphatic carboxylic acids is 1. The molecule has 2 unspecified atom stereocenters. The number of ether oxygens (including phenoxy) is 1. The predicted octanol–water partition coefficient (Wildman–Crippen LogP) is 4.05. The molecule has 5 heteroatoms. The number of carboxylic acid groups (broad SMARTS) is 1. The van der Waals surface area contributed by atoms with Gasteiger partial charge in [0.1, 0.15) is 17.5 Å². The summed E-state index contributed by atoms with van der Waals surface area (Å²) in [6.45, 7) is 3.90. The van der Waals surface area contributed by atoms with Crippen LogP contribution in [0.1, 0.15) is 24.8 Å². The van der Waals surface area contributed by atoms with Crippen molar-refractivity contribution < 1.29 is 14.6 Å². The zero-order chi connectivity index (χ0) is 16.4. The van der Waals surface area contributed by atoms with Crippen LogP contribution in [0.15, 0.2) is 54.6 Å². The van der Waals surface area contributed by atoms with E-state index in [1.807, 2.05) is 68.4 Å². The van der Waals surface area contributed by atoms with Gasteiger partial charge in [0.2, 0.25) is 0 Å². The normalized spacial score (nSPS) is 22.7. The van der Waals surface area contributed by atoms with Crippen LogP contribution < -0.4 is 10.1 Å². The van der Waals surface area contributed by atoms with Crippen LogP contribution in [-0.2, 0) is 4.79 Å². The summed E-state index contributed by atoms with van der Waals surface area (Å²) in [5.74, 6) is 0.704. The van der Waals surface area contributed by atoms with E-state index < -0.39 is 12.0 Å². The fourth-order valence-corrected chi connectivity index (χ4v) is 4.06. The molecule has 0 aromatic heterocycles. The van der Waals surface area contributed by atoms with Gasteiger partial charge in [0, 0.05) is 4.75 Å². The summed E-state index contributed by atoms with van der Waals surface area (Å²) >= 11 is 1.62. The van der Waals surface area contributed by atoms with E-state index in [0.717, 1.165) is 17.1 Å². The molecule has 120 valence electrons. The summed E-state index contributed by atoms with van der Waals surface area (Å²) in [7, 11) is 0. The van der Waals surface area contributed by atoms with E-state index in [1.165, 1.54) is 0 Å². The Bertz CT molecular complexity index is 702. The molecule has 1 aliphatic heterocycles. The number of hydrogen-bond acceptors (Lipinski definition) is 4. The van der Waals surface area contributed by atoms with Gasteiger partial charge >= 0.3 is 5.97 Å². The van der Waals surface area contributed by atoms with Gasteiger partial charge in [-0.15, -0.1) is 11.8 Å². The number of carbonyl (C=O) groups is 1. The van der Waals surface area contributed by atoms with E-state index >= 15 is 0 Å². The highest BCUT2D eigenvalue weighted by Gasteiger charge is 2.45. The second-order valence-electron chi connectivity index (χ2n) is 6.03. The Morgan fingerprint density at radius 3 is 2.48 bits per heavy atom. The highest BCUT2D eigenvalue weighted by molar-refractivity contribution is 8.01. The Morgan fingerprint density at radius 1 is 1.13 bits per heavy atom. The molecule has 1 saturated heterocycles. The lowest BCUT2D eigenvalue weighted by Crippen LogP contribution is -2.43. The average Bonchev–Trinajstić information content (AvgIpc) is 2.84. The third-order valence-corrected chi connectivity index (χ3v) is 5.31. The van der Waals surface area contributed by atoms with E-state index in [2.05, 4.69) is 5.32 Å². The third-order valence-electron chi connectivity index (χ3n) is 3.82. The first kappa shape index (κ1) is 15.9. The van der Waals surface area contributed by atoms with Crippen molar-refractivity contribution in [3.05, 3.63) is 60.2 Å². The first-order valence-corrected chi connectivity index (χ1v) is 8.33. The van der Waals surface area contributed by atoms with Crippen LogP contribution in [0.4, 0.5) is 0 Å². The van der Waals surface area contributed by atoms with Crippen LogP contribution >= 0.6 is 11.8 Å². The molecule has 2 aromatic carbocycles. The molecule has 1 fully saturated rings. The number of nitrogens with one attached hydrogen (secondary N) is 1. The minimum atomic E-state index is -0.818. The summed E-state index contributed by atoms with van der Waals surface area (Å²) < 4.78 is 5.48. The van der Waals surface area contributed by atoms with Crippen molar-refractivity contribution in [1.29, 1.82) is 0 Å². The Morgan fingerprint density at radius 2 is 1.83 bits per heavy atom. The Balaban J connectivity index is 1.79. The molecule has 0 bridgehead atoms. The van der Waals surface area contributed by atoms with Gasteiger partial charge in [0.25, 0.3) is 0 Å². The second kappa shape index (κ2) is 6.26. The summed E-state index contributed by atoms with van der Waals surface area (Å²) in [4.78, 5) is 11.4. The van der Waals surface area contributed by atoms with Gasteiger partial charge < -0.3 is 9.84 Å². The van der Waals surface area contributed by atoms with Crippen LogP contribution in [0.3, 0.4) is 0 Å². The standard InChI is InChI=1S/C18H19NO3S/c1-18(2)15(17(20)21)19-16(23-18)12-7-6-10-14(11-12)22-13-8-4-3-5-9-13/h3-11,15-16,19H,1-2H3,(H,20,21). The highest BCUT2D eigenvalue weighted by atomic mass is 32.2. The van der Waals surface area contributed by atoms with Gasteiger partial charge in [-0.05, 0) is 43.7 Å². The molecule has 2 aromatic rings. The van der Waals surface area contributed by atoms with Crippen molar-refractivity contribution >= 4 is 17.7 Å². The van der Waals surface area contributed by atoms with Gasteiger partial charge in [-0.2, -0.15) is 0 Å². The van der Waals surface area contributed by atoms with Crippen LogP contribution in [0.5, 0.6) is 11.5 Å². The van der Waals surface area contributed by atoms with E-state index in [-0.39, 0.29) is 10.1 Å². The number of benzene rings is 2. The van der Waals surface area contributed by atoms with Crippen molar-refractivity contribution in [3.63, 3.8) is 0 Å². The van der Waals surface area contributed by atoms with E-state index in [1.54, 1.807) is 11.8 Å². The molecular formula is C18H19NO3S. The van der Waals surface area contributed by atoms with Crippen molar-refractivity contribution in [2.24, 2.45) is 0 Å². The fraction of sp³-hybridized carbons (Fsp3) is 0.278. The molecule has 1 aliphatic rings. The maximum atomic E-state index is 11.4. The maximum Gasteiger partial charge on any atom is 0.322 e. The average molecular weight is 329 g/mol. The molecule has 0 spiro atoms. The topological polar surface area (TPSA) is 58.6 Å². The third kappa shape index (κ3) is 3.51. The van der Waals surface area contributed by atoms with Gasteiger partial charge in [0.05, 0.1) is 5.37 Å². The molecule has 2 N–H and O–H groups in total. The molecular weight excluding hydrogens is 310 g/mol. The molecule has 2 atom stereocenters. The lowest BCUT2D eigenvalue weighted by atomic mass is 10.0. The Labute approximate surface area is 139 Å². The molecule has 23 heavy (non-hydrogen) atoms. The summed E-state index contributed by atoms with van der Waals surface area (Å²) in [5.41, 5.74) is 1.01. The van der Waals surface area contributed by atoms with Crippen LogP contribution in [0, 0.1) is 0 Å². The van der Waals surface area contributed by atoms with Crippen molar-refractivity contribution in [2.75, 3.05) is 0 Å². The molecule has 0 amide bonds. The lowest BCUT2D eigenvalue weighted by Gasteiger charge is -2.20. The summed E-state index contributed by atoms with van der Waals surface area (Å²) in [6.07, 6.45) is 0. The molecule has 0 aliphatic carbocycles. The number of thioether (sulfide) groups is 1. The van der Waals surface area contributed by atoms with Gasteiger partial charge in [0.15, 0.2) is 0 Å². The largest absolute Gasteiger partial charge is 0.480 e. The Hall–Kier alpha value is -1.98. The molecule has 0 radical (unpaired) electrons. The monoisotopic (exact) mass is 329 g/mol. The predicted molar refractivity (Wildman–Crippen MR) is 91.9 cm³/mol. The highest BCUT2D eigenvalue weighted by Crippen LogP contribution is 2.46. The van der Waals surface area contributed by atoms with Crippen molar-refractivity contribution in [1.82, 2.24) is 5.32 Å². The molecule has 4 nitrogen and oxygen atoms in total. The smallest absolute Gasteiger partial charge is 0.322 e. The minimum absolute atomic E-state index is 0.0644. The second-order valence-corrected chi connectivity index (χ2v) is 7.79. The van der Waals surface area contributed by atoms with Gasteiger partial charge in [-0.1, -0.05) is 30.3 Å². The minimum Gasteiger partial charge on any atom is -0.480 e. The van der Waals surface area contributed by atoms with E-state index in [9.17, 15) is 9.90 Å². The molecule has 0 saturated carbocycles. The van der Waals surface area contributed by atoms with Gasteiger partial charge in [-0.25, -0.2) is 0 Å². The zero-order valence-electron chi connectivity index (χ0n) is 13.0. The molecule has 1 heterocycles. The SMILES string of the molecule is CC1(C)SC(c2cccc(Oc3ccccc3)c2)NC1C(=O)O. The van der Waals surface area contributed by atoms with Crippen molar-refractivity contribution in [2.45, 2.75) is 30.0 Å². The zero-order valence-corrected chi connectivity index (χ0v) is 13.8. The number of carboxylic acids is 1. The van der Waals surface area contributed by atoms with Gasteiger partial charge in [-0.3, -0.25) is 10.1 Å². The first-order valence-electron chi connectivity index (χ1n) is 7.45. The number of rotatable bonds is 4. The molecule has 3 rings (SSSR count). The number of para-hydroxylation sites is 1. The first-order chi connectivity index (χ1) is 11.0. The number of hydrogen-bond donors (Lipinski definition) is 2. The Kier molecular flexibility index (Phi) is 4.33. The van der Waals surface area contributed by atoms with Crippen LogP contribution in [0.25, 0.3) is 0 Å². The fourth-order valence-electron chi connectivity index (χ4n) is 2.66. The van der Waals surface area contributed by atoms with Crippen LogP contribution in [-0.4, -0.2) is 21.9 Å². The maximum absolute atomic E-state index is 11.4. The van der Waals surface area contributed by atoms with Crippen LogP contribution in [0.2, 0.25) is 0 Å². The lowest BCUT2D eigenvalue weighted by molar-refractivity contribution is -0.139. The van der Waals surface area contributed by atoms with E-state index in [4.69, 9.17) is 4.74 Å². The van der Waals surface area contributed by atoms with Crippen molar-refractivity contribution in [3.8, 4) is 11.5 Å². The van der Waals surface area contributed by atoms with E-state index in [0.29, 0.717) is 0 Å².